The number of carbonyl (C=O) groups excluding carboxylic acids is 1. The van der Waals surface area contributed by atoms with E-state index < -0.39 is 10.0 Å². The number of nitrogens with two attached hydrogens (primary N) is 1. The topological polar surface area (TPSA) is 80.5 Å². The van der Waals surface area contributed by atoms with Crippen molar-refractivity contribution in [3.05, 3.63) is 22.4 Å². The highest BCUT2D eigenvalue weighted by molar-refractivity contribution is 7.89. The number of carbonyl (C=O) groups is 1. The van der Waals surface area contributed by atoms with Crippen molar-refractivity contribution < 1.29 is 13.2 Å². The van der Waals surface area contributed by atoms with Crippen LogP contribution in [0.4, 0.5) is 0 Å². The standard InChI is InChI=1S/C13H20N2O3S2/c14-20(17,18)10-11-4-2-8-15(11)13(16)7-1-5-12-6-3-9-19-12/h3,6,9,11H,1-2,4-5,7-8,10H2,(H2,14,17,18). The van der Waals surface area contributed by atoms with Crippen molar-refractivity contribution >= 4 is 27.3 Å². The minimum Gasteiger partial charge on any atom is -0.339 e. The van der Waals surface area contributed by atoms with Crippen molar-refractivity contribution in [1.29, 1.82) is 0 Å². The molecule has 1 aromatic heterocycles. The van der Waals surface area contributed by atoms with E-state index in [2.05, 4.69) is 6.07 Å². The van der Waals surface area contributed by atoms with Crippen molar-refractivity contribution in [3.63, 3.8) is 0 Å². The van der Waals surface area contributed by atoms with Gasteiger partial charge in [-0.15, -0.1) is 11.3 Å². The lowest BCUT2D eigenvalue weighted by Crippen LogP contribution is -2.41. The average Bonchev–Trinajstić information content (AvgIpc) is 2.98. The summed E-state index contributed by atoms with van der Waals surface area (Å²) in [5, 5.41) is 7.11. The van der Waals surface area contributed by atoms with Crippen LogP contribution in [-0.2, 0) is 21.2 Å². The predicted molar refractivity (Wildman–Crippen MR) is 80.0 cm³/mol. The Kier molecular flexibility index (Phi) is 5.17. The molecule has 2 heterocycles. The van der Waals surface area contributed by atoms with E-state index in [9.17, 15) is 13.2 Å². The number of amides is 1. The number of nitrogens with zero attached hydrogens (tertiary/aromatic N) is 1. The highest BCUT2D eigenvalue weighted by Gasteiger charge is 2.30. The number of hydrogen-bond acceptors (Lipinski definition) is 4. The molecule has 0 radical (unpaired) electrons. The van der Waals surface area contributed by atoms with Crippen LogP contribution >= 0.6 is 11.3 Å². The van der Waals surface area contributed by atoms with Gasteiger partial charge in [-0.2, -0.15) is 0 Å². The molecule has 112 valence electrons. The number of rotatable bonds is 6. The van der Waals surface area contributed by atoms with Gasteiger partial charge in [-0.25, -0.2) is 13.6 Å². The van der Waals surface area contributed by atoms with Gasteiger partial charge in [-0.05, 0) is 37.1 Å². The first-order valence-electron chi connectivity index (χ1n) is 6.78. The second-order valence-electron chi connectivity index (χ2n) is 5.15. The Morgan fingerprint density at radius 1 is 1.50 bits per heavy atom. The fourth-order valence-corrected chi connectivity index (χ4v) is 4.25. The highest BCUT2D eigenvalue weighted by atomic mass is 32.2. The Hall–Kier alpha value is -0.920. The van der Waals surface area contributed by atoms with Gasteiger partial charge < -0.3 is 4.90 Å². The smallest absolute Gasteiger partial charge is 0.222 e. The van der Waals surface area contributed by atoms with Crippen LogP contribution in [0.3, 0.4) is 0 Å². The normalized spacial score (nSPS) is 19.4. The lowest BCUT2D eigenvalue weighted by Gasteiger charge is -2.24. The number of likely N-dealkylation sites (tertiary alicyclic amines) is 1. The molecule has 2 N–H and O–H groups in total. The first-order chi connectivity index (χ1) is 9.46. The zero-order chi connectivity index (χ0) is 14.6. The third-order valence-electron chi connectivity index (χ3n) is 3.52. The molecule has 0 spiro atoms. The molecule has 1 saturated heterocycles. The molecule has 2 rings (SSSR count). The van der Waals surface area contributed by atoms with Gasteiger partial charge in [0.1, 0.15) is 0 Å². The van der Waals surface area contributed by atoms with Crippen LogP contribution in [0.5, 0.6) is 0 Å². The molecular formula is C13H20N2O3S2. The van der Waals surface area contributed by atoms with Crippen molar-refractivity contribution in [2.75, 3.05) is 12.3 Å². The van der Waals surface area contributed by atoms with Gasteiger partial charge in [0.2, 0.25) is 15.9 Å². The lowest BCUT2D eigenvalue weighted by atomic mass is 10.2. The first kappa shape index (κ1) is 15.5. The van der Waals surface area contributed by atoms with E-state index in [-0.39, 0.29) is 17.7 Å². The summed E-state index contributed by atoms with van der Waals surface area (Å²) in [6.45, 7) is 0.651. The fourth-order valence-electron chi connectivity index (χ4n) is 2.62. The van der Waals surface area contributed by atoms with Gasteiger partial charge in [0.05, 0.1) is 5.75 Å². The number of aryl methyl sites for hydroxylation is 1. The summed E-state index contributed by atoms with van der Waals surface area (Å²) >= 11 is 1.69. The van der Waals surface area contributed by atoms with Crippen molar-refractivity contribution in [1.82, 2.24) is 4.90 Å². The van der Waals surface area contributed by atoms with E-state index >= 15 is 0 Å². The maximum atomic E-state index is 12.2. The minimum atomic E-state index is -3.52. The van der Waals surface area contributed by atoms with Crippen LogP contribution in [0.25, 0.3) is 0 Å². The second kappa shape index (κ2) is 6.69. The summed E-state index contributed by atoms with van der Waals surface area (Å²) in [7, 11) is -3.52. The lowest BCUT2D eigenvalue weighted by molar-refractivity contribution is -0.131. The van der Waals surface area contributed by atoms with Crippen LogP contribution < -0.4 is 5.14 Å². The highest BCUT2D eigenvalue weighted by Crippen LogP contribution is 2.20. The predicted octanol–water partition coefficient (Wildman–Crippen LogP) is 1.35. The van der Waals surface area contributed by atoms with E-state index in [4.69, 9.17) is 5.14 Å². The van der Waals surface area contributed by atoms with Crippen LogP contribution in [-0.4, -0.2) is 37.6 Å². The van der Waals surface area contributed by atoms with E-state index in [1.54, 1.807) is 16.2 Å². The summed E-state index contributed by atoms with van der Waals surface area (Å²) in [6, 6.07) is 3.83. The van der Waals surface area contributed by atoms with E-state index in [1.165, 1.54) is 4.88 Å². The van der Waals surface area contributed by atoms with Crippen LogP contribution in [0, 0.1) is 0 Å². The summed E-state index contributed by atoms with van der Waals surface area (Å²) < 4.78 is 22.3. The number of thiophene rings is 1. The van der Waals surface area contributed by atoms with E-state index in [0.29, 0.717) is 13.0 Å². The molecule has 0 saturated carbocycles. The number of primary sulfonamides is 1. The van der Waals surface area contributed by atoms with Crippen molar-refractivity contribution in [2.45, 2.75) is 38.1 Å². The van der Waals surface area contributed by atoms with E-state index in [1.807, 2.05) is 11.4 Å². The van der Waals surface area contributed by atoms with Gasteiger partial charge >= 0.3 is 0 Å². The molecule has 1 atom stereocenters. The number of sulfonamides is 1. The van der Waals surface area contributed by atoms with Crippen molar-refractivity contribution in [3.8, 4) is 0 Å². The third kappa shape index (κ3) is 4.57. The average molecular weight is 316 g/mol. The first-order valence-corrected chi connectivity index (χ1v) is 9.37. The quantitative estimate of drug-likeness (QED) is 0.860. The maximum absolute atomic E-state index is 12.2. The Morgan fingerprint density at radius 2 is 2.30 bits per heavy atom. The van der Waals surface area contributed by atoms with Gasteiger partial charge in [-0.1, -0.05) is 6.07 Å². The zero-order valence-corrected chi connectivity index (χ0v) is 13.0. The SMILES string of the molecule is NS(=O)(=O)CC1CCCN1C(=O)CCCc1cccs1. The molecule has 0 aromatic carbocycles. The summed E-state index contributed by atoms with van der Waals surface area (Å²) in [5.74, 6) is -0.0726. The van der Waals surface area contributed by atoms with E-state index in [0.717, 1.165) is 25.7 Å². The molecule has 1 unspecified atom stereocenters. The molecule has 1 amide bonds. The Bertz CT molecular complexity index is 540. The van der Waals surface area contributed by atoms with Gasteiger partial charge in [0.15, 0.2) is 0 Å². The summed E-state index contributed by atoms with van der Waals surface area (Å²) in [4.78, 5) is 15.1. The molecule has 0 aliphatic carbocycles. The van der Waals surface area contributed by atoms with Gasteiger partial charge in [0, 0.05) is 23.9 Å². The monoisotopic (exact) mass is 316 g/mol. The Morgan fingerprint density at radius 3 is 2.95 bits per heavy atom. The van der Waals surface area contributed by atoms with Gasteiger partial charge in [-0.3, -0.25) is 4.79 Å². The Labute approximate surface area is 123 Å². The molecule has 0 bridgehead atoms. The maximum Gasteiger partial charge on any atom is 0.222 e. The molecule has 1 aliphatic rings. The fraction of sp³-hybridized carbons (Fsp3) is 0.615. The molecule has 7 heteroatoms. The van der Waals surface area contributed by atoms with Crippen LogP contribution in [0.1, 0.15) is 30.6 Å². The summed E-state index contributed by atoms with van der Waals surface area (Å²) in [6.07, 6.45) is 3.76. The second-order valence-corrected chi connectivity index (χ2v) is 7.84. The Balaban J connectivity index is 1.81. The third-order valence-corrected chi connectivity index (χ3v) is 5.30. The largest absolute Gasteiger partial charge is 0.339 e. The number of hydrogen-bond donors (Lipinski definition) is 1. The summed E-state index contributed by atoms with van der Waals surface area (Å²) in [5.41, 5.74) is 0. The molecule has 5 nitrogen and oxygen atoms in total. The minimum absolute atomic E-state index is 0.0488. The zero-order valence-electron chi connectivity index (χ0n) is 11.3. The van der Waals surface area contributed by atoms with Crippen LogP contribution in [0.15, 0.2) is 17.5 Å². The molecule has 1 fully saturated rings. The van der Waals surface area contributed by atoms with Crippen molar-refractivity contribution in [2.24, 2.45) is 5.14 Å². The molecule has 1 aliphatic heterocycles. The van der Waals surface area contributed by atoms with Gasteiger partial charge in [0.25, 0.3) is 0 Å². The molecule has 1 aromatic rings. The molecule has 20 heavy (non-hydrogen) atoms. The molecular weight excluding hydrogens is 296 g/mol. The van der Waals surface area contributed by atoms with Crippen LogP contribution in [0.2, 0.25) is 0 Å².